The summed E-state index contributed by atoms with van der Waals surface area (Å²) in [6.07, 6.45) is 4.35. The van der Waals surface area contributed by atoms with Crippen LogP contribution in [0.4, 0.5) is 0 Å². The van der Waals surface area contributed by atoms with Crippen LogP contribution < -0.4 is 10.6 Å². The monoisotopic (exact) mass is 292 g/mol. The van der Waals surface area contributed by atoms with Gasteiger partial charge in [0.15, 0.2) is 0 Å². The van der Waals surface area contributed by atoms with Crippen molar-refractivity contribution in [1.29, 1.82) is 0 Å². The molecule has 4 nitrogen and oxygen atoms in total. The number of carbonyl (C=O) groups excluding carboxylic acids is 2. The van der Waals surface area contributed by atoms with E-state index in [2.05, 4.69) is 10.6 Å². The molecule has 1 fully saturated rings. The van der Waals surface area contributed by atoms with Crippen molar-refractivity contribution in [2.24, 2.45) is 0 Å². The molecule has 2 rings (SSSR count). The van der Waals surface area contributed by atoms with Crippen molar-refractivity contribution in [2.75, 3.05) is 6.54 Å². The molecular formula is C15H17ClN2O2. The standard InChI is InChI=1S/C15H17ClN2O2/c1-10-2-3-11(8-13(10)16)4-6-15(20)18-12-5-7-14(19)17-9-12/h2-4,6,8,12H,5,7,9H2,1H3,(H,17,19)(H,18,20). The maximum Gasteiger partial charge on any atom is 0.244 e. The highest BCUT2D eigenvalue weighted by atomic mass is 35.5. The molecule has 1 aliphatic heterocycles. The van der Waals surface area contributed by atoms with E-state index in [1.807, 2.05) is 25.1 Å². The second-order valence-electron chi connectivity index (χ2n) is 4.89. The Kier molecular flexibility index (Phi) is 4.79. The number of amides is 2. The summed E-state index contributed by atoms with van der Waals surface area (Å²) in [7, 11) is 0. The van der Waals surface area contributed by atoms with Crippen molar-refractivity contribution in [1.82, 2.24) is 10.6 Å². The van der Waals surface area contributed by atoms with E-state index in [1.165, 1.54) is 6.08 Å². The van der Waals surface area contributed by atoms with Crippen LogP contribution in [0.15, 0.2) is 24.3 Å². The molecule has 1 aliphatic rings. The summed E-state index contributed by atoms with van der Waals surface area (Å²) in [5.41, 5.74) is 1.89. The Morgan fingerprint density at radius 2 is 2.30 bits per heavy atom. The Morgan fingerprint density at radius 3 is 2.95 bits per heavy atom. The van der Waals surface area contributed by atoms with Crippen molar-refractivity contribution in [3.8, 4) is 0 Å². The summed E-state index contributed by atoms with van der Waals surface area (Å²) < 4.78 is 0. The lowest BCUT2D eigenvalue weighted by Crippen LogP contribution is -2.47. The predicted molar refractivity (Wildman–Crippen MR) is 79.4 cm³/mol. The van der Waals surface area contributed by atoms with E-state index in [-0.39, 0.29) is 17.9 Å². The van der Waals surface area contributed by atoms with Crippen molar-refractivity contribution >= 4 is 29.5 Å². The summed E-state index contributed by atoms with van der Waals surface area (Å²) in [5.74, 6) is -0.122. The Morgan fingerprint density at radius 1 is 1.50 bits per heavy atom. The van der Waals surface area contributed by atoms with Crippen molar-refractivity contribution < 1.29 is 9.59 Å². The SMILES string of the molecule is Cc1ccc(C=CC(=O)NC2CCC(=O)NC2)cc1Cl. The molecule has 0 radical (unpaired) electrons. The number of aryl methyl sites for hydroxylation is 1. The van der Waals surface area contributed by atoms with Crippen LogP contribution in [-0.2, 0) is 9.59 Å². The molecule has 0 aliphatic carbocycles. The molecule has 1 heterocycles. The quantitative estimate of drug-likeness (QED) is 0.838. The first-order chi connectivity index (χ1) is 9.54. The summed E-state index contributed by atoms with van der Waals surface area (Å²) >= 11 is 6.02. The molecule has 2 amide bonds. The first kappa shape index (κ1) is 14.6. The number of piperidine rings is 1. The molecule has 0 aromatic heterocycles. The Balaban J connectivity index is 1.88. The van der Waals surface area contributed by atoms with Crippen LogP contribution in [0.2, 0.25) is 5.02 Å². The molecule has 0 bridgehead atoms. The third kappa shape index (κ3) is 4.10. The van der Waals surface area contributed by atoms with Crippen LogP contribution in [0, 0.1) is 6.92 Å². The smallest absolute Gasteiger partial charge is 0.244 e. The highest BCUT2D eigenvalue weighted by Gasteiger charge is 2.18. The van der Waals surface area contributed by atoms with Gasteiger partial charge in [-0.2, -0.15) is 0 Å². The number of carbonyl (C=O) groups is 2. The summed E-state index contributed by atoms with van der Waals surface area (Å²) in [6.45, 7) is 2.43. The van der Waals surface area contributed by atoms with E-state index >= 15 is 0 Å². The van der Waals surface area contributed by atoms with Gasteiger partial charge in [0.25, 0.3) is 0 Å². The van der Waals surface area contributed by atoms with Gasteiger partial charge in [0.2, 0.25) is 11.8 Å². The molecule has 1 atom stereocenters. The zero-order chi connectivity index (χ0) is 14.5. The zero-order valence-corrected chi connectivity index (χ0v) is 12.0. The number of nitrogens with one attached hydrogen (secondary N) is 2. The van der Waals surface area contributed by atoms with Gasteiger partial charge in [-0.05, 0) is 36.6 Å². The zero-order valence-electron chi connectivity index (χ0n) is 11.3. The fourth-order valence-electron chi connectivity index (χ4n) is 1.99. The van der Waals surface area contributed by atoms with Crippen LogP contribution in [-0.4, -0.2) is 24.4 Å². The predicted octanol–water partition coefficient (Wildman–Crippen LogP) is 2.06. The first-order valence-corrected chi connectivity index (χ1v) is 6.94. The second kappa shape index (κ2) is 6.57. The minimum atomic E-state index is -0.164. The Bertz CT molecular complexity index is 545. The average Bonchev–Trinajstić information content (AvgIpc) is 2.43. The van der Waals surface area contributed by atoms with Gasteiger partial charge in [-0.15, -0.1) is 0 Å². The lowest BCUT2D eigenvalue weighted by Gasteiger charge is -2.22. The Hall–Kier alpha value is -1.81. The molecule has 5 heteroatoms. The van der Waals surface area contributed by atoms with Gasteiger partial charge in [-0.25, -0.2) is 0 Å². The molecule has 1 aromatic rings. The fraction of sp³-hybridized carbons (Fsp3) is 0.333. The third-order valence-electron chi connectivity index (χ3n) is 3.23. The topological polar surface area (TPSA) is 58.2 Å². The van der Waals surface area contributed by atoms with E-state index < -0.39 is 0 Å². The summed E-state index contributed by atoms with van der Waals surface area (Å²) in [5, 5.41) is 6.27. The van der Waals surface area contributed by atoms with Crippen molar-refractivity contribution in [3.63, 3.8) is 0 Å². The molecule has 1 aromatic carbocycles. The van der Waals surface area contributed by atoms with Gasteiger partial charge in [-0.3, -0.25) is 9.59 Å². The lowest BCUT2D eigenvalue weighted by atomic mass is 10.1. The van der Waals surface area contributed by atoms with E-state index in [0.29, 0.717) is 24.4 Å². The van der Waals surface area contributed by atoms with Crippen LogP contribution in [0.25, 0.3) is 6.08 Å². The van der Waals surface area contributed by atoms with Gasteiger partial charge >= 0.3 is 0 Å². The molecular weight excluding hydrogens is 276 g/mol. The van der Waals surface area contributed by atoms with Gasteiger partial charge in [0, 0.05) is 30.1 Å². The first-order valence-electron chi connectivity index (χ1n) is 6.56. The lowest BCUT2D eigenvalue weighted by molar-refractivity contribution is -0.124. The Labute approximate surface area is 123 Å². The normalized spacial score (nSPS) is 18.9. The van der Waals surface area contributed by atoms with Crippen LogP contribution in [0.1, 0.15) is 24.0 Å². The van der Waals surface area contributed by atoms with E-state index in [0.717, 1.165) is 11.1 Å². The molecule has 106 valence electrons. The van der Waals surface area contributed by atoms with Crippen LogP contribution in [0.3, 0.4) is 0 Å². The summed E-state index contributed by atoms with van der Waals surface area (Å²) in [4.78, 5) is 22.8. The third-order valence-corrected chi connectivity index (χ3v) is 3.64. The second-order valence-corrected chi connectivity index (χ2v) is 5.30. The molecule has 2 N–H and O–H groups in total. The van der Waals surface area contributed by atoms with E-state index in [9.17, 15) is 9.59 Å². The minimum Gasteiger partial charge on any atom is -0.354 e. The van der Waals surface area contributed by atoms with E-state index in [4.69, 9.17) is 11.6 Å². The molecule has 1 unspecified atom stereocenters. The fourth-order valence-corrected chi connectivity index (χ4v) is 2.18. The van der Waals surface area contributed by atoms with E-state index in [1.54, 1.807) is 6.08 Å². The molecule has 0 spiro atoms. The maximum atomic E-state index is 11.8. The largest absolute Gasteiger partial charge is 0.354 e. The minimum absolute atomic E-state index is 0.00598. The van der Waals surface area contributed by atoms with Gasteiger partial charge in [-0.1, -0.05) is 23.7 Å². The van der Waals surface area contributed by atoms with Gasteiger partial charge < -0.3 is 10.6 Å². The van der Waals surface area contributed by atoms with Gasteiger partial charge in [0.1, 0.15) is 0 Å². The number of benzene rings is 1. The van der Waals surface area contributed by atoms with Crippen LogP contribution in [0.5, 0.6) is 0 Å². The van der Waals surface area contributed by atoms with Crippen molar-refractivity contribution in [3.05, 3.63) is 40.4 Å². The molecule has 1 saturated heterocycles. The molecule has 20 heavy (non-hydrogen) atoms. The average molecular weight is 293 g/mol. The van der Waals surface area contributed by atoms with Crippen molar-refractivity contribution in [2.45, 2.75) is 25.8 Å². The summed E-state index contributed by atoms with van der Waals surface area (Å²) in [6, 6.07) is 5.65. The molecule has 0 saturated carbocycles. The van der Waals surface area contributed by atoms with Crippen LogP contribution >= 0.6 is 11.6 Å². The van der Waals surface area contributed by atoms with Gasteiger partial charge in [0.05, 0.1) is 0 Å². The number of rotatable bonds is 3. The number of halogens is 1. The highest BCUT2D eigenvalue weighted by Crippen LogP contribution is 2.17. The number of hydrogen-bond donors (Lipinski definition) is 2. The maximum absolute atomic E-state index is 11.8. The number of hydrogen-bond acceptors (Lipinski definition) is 2. The highest BCUT2D eigenvalue weighted by molar-refractivity contribution is 6.31.